The molecular weight excluding hydrogens is 517 g/mol. The Labute approximate surface area is 224 Å². The van der Waals surface area contributed by atoms with Crippen LogP contribution in [0.5, 0.6) is 0 Å². The van der Waals surface area contributed by atoms with E-state index >= 15 is 0 Å². The van der Waals surface area contributed by atoms with Crippen LogP contribution in [0.4, 0.5) is 27.7 Å². The number of nitrogens with zero attached hydrogens (tertiary/aromatic N) is 1. The number of rotatable bonds is 11. The van der Waals surface area contributed by atoms with Gasteiger partial charge in [0.25, 0.3) is 5.91 Å². The number of anilines is 4. The molecule has 3 amide bonds. The zero-order valence-electron chi connectivity index (χ0n) is 20.1. The minimum absolute atomic E-state index is 0.150. The number of carbonyl (C=O) groups excluding carboxylic acids is 2. The van der Waals surface area contributed by atoms with Crippen molar-refractivity contribution in [2.24, 2.45) is 0 Å². The molecule has 11 heteroatoms. The van der Waals surface area contributed by atoms with E-state index in [9.17, 15) is 14.4 Å². The van der Waals surface area contributed by atoms with E-state index in [1.807, 2.05) is 12.1 Å². The number of nitrogens with one attached hydrogen (secondary N) is 4. The van der Waals surface area contributed by atoms with Crippen LogP contribution in [0.1, 0.15) is 42.1 Å². The Hall–Kier alpha value is -3.82. The van der Waals surface area contributed by atoms with E-state index in [1.165, 1.54) is 6.20 Å². The molecule has 0 saturated carbocycles. The highest BCUT2D eigenvalue weighted by Gasteiger charge is 2.16. The van der Waals surface area contributed by atoms with Gasteiger partial charge in [0.2, 0.25) is 0 Å². The molecule has 1 heterocycles. The fourth-order valence-electron chi connectivity index (χ4n) is 3.47. The third-order valence-electron chi connectivity index (χ3n) is 5.19. The lowest BCUT2D eigenvalue weighted by atomic mass is 10.1. The summed E-state index contributed by atoms with van der Waals surface area (Å²) >= 11 is 12.2. The van der Waals surface area contributed by atoms with E-state index in [-0.39, 0.29) is 17.8 Å². The topological polar surface area (TPSA) is 132 Å². The van der Waals surface area contributed by atoms with Crippen LogP contribution in [-0.4, -0.2) is 34.5 Å². The second-order valence-corrected chi connectivity index (χ2v) is 9.01. The third kappa shape index (κ3) is 8.96. The first-order chi connectivity index (χ1) is 17.7. The van der Waals surface area contributed by atoms with Crippen molar-refractivity contribution in [3.05, 3.63) is 75.9 Å². The Morgan fingerprint density at radius 2 is 1.62 bits per heavy atom. The van der Waals surface area contributed by atoms with Gasteiger partial charge in [-0.2, -0.15) is 0 Å². The molecule has 2 aromatic carbocycles. The SMILES string of the molecule is CCNC(=O)Nc1cc(Nc2cc(Cl)cc(Cl)c2)c(C(=O)Nc2ccc(CCCCC(=O)O)cc2)cn1. The molecular formula is C26H27Cl2N5O4. The first-order valence-electron chi connectivity index (χ1n) is 11.6. The maximum absolute atomic E-state index is 13.2. The molecule has 0 aliphatic rings. The van der Waals surface area contributed by atoms with E-state index in [2.05, 4.69) is 26.3 Å². The Morgan fingerprint density at radius 3 is 2.27 bits per heavy atom. The first kappa shape index (κ1) is 27.8. The second-order valence-electron chi connectivity index (χ2n) is 8.13. The van der Waals surface area contributed by atoms with Crippen molar-refractivity contribution in [2.45, 2.75) is 32.6 Å². The quantitative estimate of drug-likeness (QED) is 0.179. The van der Waals surface area contributed by atoms with Gasteiger partial charge in [-0.05, 0) is 62.1 Å². The Balaban J connectivity index is 1.77. The Bertz CT molecular complexity index is 1250. The monoisotopic (exact) mass is 543 g/mol. The van der Waals surface area contributed by atoms with Crippen molar-refractivity contribution in [3.63, 3.8) is 0 Å². The van der Waals surface area contributed by atoms with Crippen LogP contribution in [0.3, 0.4) is 0 Å². The normalized spacial score (nSPS) is 10.5. The van der Waals surface area contributed by atoms with Crippen molar-refractivity contribution >= 4 is 64.0 Å². The number of benzene rings is 2. The Morgan fingerprint density at radius 1 is 0.919 bits per heavy atom. The fourth-order valence-corrected chi connectivity index (χ4v) is 4.00. The second kappa shape index (κ2) is 13.5. The molecule has 0 bridgehead atoms. The van der Waals surface area contributed by atoms with E-state index < -0.39 is 17.9 Å². The van der Waals surface area contributed by atoms with Crippen molar-refractivity contribution in [3.8, 4) is 0 Å². The van der Waals surface area contributed by atoms with Gasteiger partial charge in [-0.15, -0.1) is 0 Å². The number of aryl methyl sites for hydroxylation is 1. The summed E-state index contributed by atoms with van der Waals surface area (Å²) in [6.45, 7) is 2.24. The maximum atomic E-state index is 13.2. The van der Waals surface area contributed by atoms with Crippen LogP contribution >= 0.6 is 23.2 Å². The van der Waals surface area contributed by atoms with Gasteiger partial charge in [0.15, 0.2) is 0 Å². The molecule has 5 N–H and O–H groups in total. The standard InChI is InChI=1S/C26H27Cl2N5O4/c1-2-29-26(37)33-23-14-22(31-20-12-17(27)11-18(28)13-20)21(15-30-23)25(36)32-19-9-7-16(8-10-19)5-3-4-6-24(34)35/h7-15H,2-6H2,1H3,(H,32,36)(H,34,35)(H3,29,30,31,33,37). The van der Waals surface area contributed by atoms with Crippen molar-refractivity contribution in [2.75, 3.05) is 22.5 Å². The molecule has 0 aliphatic heterocycles. The molecule has 3 aromatic rings. The molecule has 0 saturated heterocycles. The molecule has 37 heavy (non-hydrogen) atoms. The predicted molar refractivity (Wildman–Crippen MR) is 146 cm³/mol. The average molecular weight is 544 g/mol. The molecule has 1 aromatic heterocycles. The van der Waals surface area contributed by atoms with Crippen molar-refractivity contribution in [1.82, 2.24) is 10.3 Å². The minimum atomic E-state index is -0.798. The summed E-state index contributed by atoms with van der Waals surface area (Å²) in [5.41, 5.74) is 2.79. The lowest BCUT2D eigenvalue weighted by Gasteiger charge is -2.15. The van der Waals surface area contributed by atoms with Gasteiger partial charge < -0.3 is 21.1 Å². The van der Waals surface area contributed by atoms with Gasteiger partial charge in [0.1, 0.15) is 5.82 Å². The smallest absolute Gasteiger partial charge is 0.320 e. The molecule has 0 atom stereocenters. The number of hydrogen-bond donors (Lipinski definition) is 5. The number of pyridine rings is 1. The first-order valence-corrected chi connectivity index (χ1v) is 12.4. The predicted octanol–water partition coefficient (Wildman–Crippen LogP) is 6.32. The van der Waals surface area contributed by atoms with Crippen LogP contribution in [-0.2, 0) is 11.2 Å². The van der Waals surface area contributed by atoms with Gasteiger partial charge in [-0.3, -0.25) is 14.9 Å². The maximum Gasteiger partial charge on any atom is 0.320 e. The van der Waals surface area contributed by atoms with E-state index in [0.717, 1.165) is 18.4 Å². The zero-order valence-corrected chi connectivity index (χ0v) is 21.6. The number of urea groups is 1. The number of unbranched alkanes of at least 4 members (excludes halogenated alkanes) is 1. The van der Waals surface area contributed by atoms with E-state index in [0.29, 0.717) is 40.1 Å². The summed E-state index contributed by atoms with van der Waals surface area (Å²) in [4.78, 5) is 39.9. The lowest BCUT2D eigenvalue weighted by molar-refractivity contribution is -0.137. The molecule has 0 unspecified atom stereocenters. The summed E-state index contributed by atoms with van der Waals surface area (Å²) in [6, 6.07) is 13.4. The number of carboxylic acid groups (broad SMARTS) is 1. The molecule has 194 valence electrons. The summed E-state index contributed by atoms with van der Waals surface area (Å²) in [5, 5.41) is 20.8. The van der Waals surface area contributed by atoms with Crippen LogP contribution in [0.2, 0.25) is 10.0 Å². The number of aromatic nitrogens is 1. The molecule has 3 rings (SSSR count). The summed E-state index contributed by atoms with van der Waals surface area (Å²) in [7, 11) is 0. The van der Waals surface area contributed by atoms with Gasteiger partial charge >= 0.3 is 12.0 Å². The lowest BCUT2D eigenvalue weighted by Crippen LogP contribution is -2.28. The van der Waals surface area contributed by atoms with Crippen molar-refractivity contribution < 1.29 is 19.5 Å². The Kier molecular flexibility index (Phi) is 10.1. The third-order valence-corrected chi connectivity index (χ3v) is 5.62. The van der Waals surface area contributed by atoms with E-state index in [4.69, 9.17) is 28.3 Å². The number of hydrogen-bond acceptors (Lipinski definition) is 5. The van der Waals surface area contributed by atoms with Gasteiger partial charge in [0.05, 0.1) is 11.3 Å². The number of carboxylic acids is 1. The molecule has 9 nitrogen and oxygen atoms in total. The fraction of sp³-hybridized carbons (Fsp3) is 0.231. The molecule has 0 fully saturated rings. The number of aliphatic carboxylic acids is 1. The number of carbonyl (C=O) groups is 3. The van der Waals surface area contributed by atoms with Gasteiger partial charge in [0, 0.05) is 46.6 Å². The van der Waals surface area contributed by atoms with Crippen LogP contribution in [0.15, 0.2) is 54.7 Å². The van der Waals surface area contributed by atoms with Crippen LogP contribution in [0, 0.1) is 0 Å². The molecule has 0 spiro atoms. The number of amides is 3. The molecule has 0 radical (unpaired) electrons. The summed E-state index contributed by atoms with van der Waals surface area (Å²) in [6.07, 6.45) is 3.64. The largest absolute Gasteiger partial charge is 0.481 e. The molecule has 0 aliphatic carbocycles. The summed E-state index contributed by atoms with van der Waals surface area (Å²) in [5.74, 6) is -0.972. The highest BCUT2D eigenvalue weighted by Crippen LogP contribution is 2.28. The van der Waals surface area contributed by atoms with Gasteiger partial charge in [-0.1, -0.05) is 35.3 Å². The van der Waals surface area contributed by atoms with Gasteiger partial charge in [-0.25, -0.2) is 9.78 Å². The van der Waals surface area contributed by atoms with Crippen LogP contribution in [0.25, 0.3) is 0 Å². The zero-order chi connectivity index (χ0) is 26.8. The highest BCUT2D eigenvalue weighted by atomic mass is 35.5. The average Bonchev–Trinajstić information content (AvgIpc) is 2.82. The number of halogens is 2. The van der Waals surface area contributed by atoms with Crippen molar-refractivity contribution in [1.29, 1.82) is 0 Å². The minimum Gasteiger partial charge on any atom is -0.481 e. The summed E-state index contributed by atoms with van der Waals surface area (Å²) < 4.78 is 0. The van der Waals surface area contributed by atoms with E-state index in [1.54, 1.807) is 43.3 Å². The highest BCUT2D eigenvalue weighted by molar-refractivity contribution is 6.35. The van der Waals surface area contributed by atoms with Crippen LogP contribution < -0.4 is 21.3 Å².